The van der Waals surface area contributed by atoms with Crippen molar-refractivity contribution in [2.45, 2.75) is 13.3 Å². The molecule has 9 heteroatoms. The minimum atomic E-state index is -0.692. The van der Waals surface area contributed by atoms with Gasteiger partial charge in [0.25, 0.3) is 5.91 Å². The lowest BCUT2D eigenvalue weighted by molar-refractivity contribution is 0.0518. The number of hydrogen-bond acceptors (Lipinski definition) is 8. The fourth-order valence-corrected chi connectivity index (χ4v) is 3.25. The van der Waals surface area contributed by atoms with Crippen molar-refractivity contribution in [3.63, 3.8) is 0 Å². The van der Waals surface area contributed by atoms with E-state index in [1.807, 2.05) is 0 Å². The number of ether oxygens (including phenoxy) is 5. The molecule has 1 aliphatic heterocycles. The number of rotatable bonds is 9. The van der Waals surface area contributed by atoms with E-state index < -0.39 is 11.9 Å². The van der Waals surface area contributed by atoms with Gasteiger partial charge in [-0.2, -0.15) is 0 Å². The molecule has 0 aliphatic carbocycles. The molecule has 1 aliphatic rings. The molecular formula is C22H23NO8. The summed E-state index contributed by atoms with van der Waals surface area (Å²) < 4.78 is 26.2. The van der Waals surface area contributed by atoms with Crippen molar-refractivity contribution >= 4 is 18.2 Å². The first-order valence-corrected chi connectivity index (χ1v) is 9.62. The number of methoxy groups -OCH3 is 2. The van der Waals surface area contributed by atoms with Crippen LogP contribution in [0.2, 0.25) is 0 Å². The van der Waals surface area contributed by atoms with Crippen molar-refractivity contribution in [2.75, 3.05) is 34.2 Å². The fraction of sp³-hybridized carbons (Fsp3) is 0.318. The van der Waals surface area contributed by atoms with E-state index >= 15 is 0 Å². The summed E-state index contributed by atoms with van der Waals surface area (Å²) in [5.41, 5.74) is 1.24. The van der Waals surface area contributed by atoms with Crippen LogP contribution in [0.1, 0.15) is 43.6 Å². The number of aldehydes is 1. The Kier molecular flexibility index (Phi) is 6.96. The number of esters is 1. The van der Waals surface area contributed by atoms with Gasteiger partial charge in [-0.25, -0.2) is 4.79 Å². The first kappa shape index (κ1) is 21.9. The Bertz CT molecular complexity index is 1000. The van der Waals surface area contributed by atoms with Crippen LogP contribution in [0.25, 0.3) is 0 Å². The van der Waals surface area contributed by atoms with Crippen molar-refractivity contribution in [3.05, 3.63) is 46.5 Å². The Hall–Kier alpha value is -3.75. The largest absolute Gasteiger partial charge is 0.493 e. The summed E-state index contributed by atoms with van der Waals surface area (Å²) >= 11 is 0. The molecular weight excluding hydrogens is 406 g/mol. The lowest BCUT2D eigenvalue weighted by atomic mass is 10.0. The van der Waals surface area contributed by atoms with Crippen LogP contribution in [-0.2, 0) is 11.2 Å². The van der Waals surface area contributed by atoms with Gasteiger partial charge >= 0.3 is 5.97 Å². The van der Waals surface area contributed by atoms with Gasteiger partial charge < -0.3 is 29.0 Å². The predicted molar refractivity (Wildman–Crippen MR) is 109 cm³/mol. The van der Waals surface area contributed by atoms with Crippen molar-refractivity contribution in [1.82, 2.24) is 5.32 Å². The molecule has 2 aromatic rings. The van der Waals surface area contributed by atoms with Crippen molar-refractivity contribution in [2.24, 2.45) is 0 Å². The molecule has 0 aromatic heterocycles. The summed E-state index contributed by atoms with van der Waals surface area (Å²) in [7, 11) is 2.81. The van der Waals surface area contributed by atoms with Crippen LogP contribution in [0.5, 0.6) is 23.0 Å². The lowest BCUT2D eigenvalue weighted by Gasteiger charge is -2.16. The summed E-state index contributed by atoms with van der Waals surface area (Å²) in [6, 6.07) is 6.34. The SMILES string of the molecule is CCOC(=O)c1c(C(=O)NCCc2cc3c(cc2C=O)OCO3)ccc(OC)c1OC. The van der Waals surface area contributed by atoms with E-state index in [0.29, 0.717) is 34.8 Å². The van der Waals surface area contributed by atoms with E-state index in [4.69, 9.17) is 23.7 Å². The first-order valence-electron chi connectivity index (χ1n) is 9.62. The van der Waals surface area contributed by atoms with Gasteiger partial charge in [-0.05, 0) is 43.2 Å². The van der Waals surface area contributed by atoms with Crippen LogP contribution in [0.15, 0.2) is 24.3 Å². The minimum absolute atomic E-state index is 0.0159. The molecule has 164 valence electrons. The van der Waals surface area contributed by atoms with Gasteiger partial charge in [-0.1, -0.05) is 0 Å². The van der Waals surface area contributed by atoms with E-state index in [1.54, 1.807) is 25.1 Å². The molecule has 1 amide bonds. The van der Waals surface area contributed by atoms with Crippen molar-refractivity contribution < 1.29 is 38.1 Å². The van der Waals surface area contributed by atoms with E-state index in [2.05, 4.69) is 5.32 Å². The minimum Gasteiger partial charge on any atom is -0.493 e. The zero-order valence-electron chi connectivity index (χ0n) is 17.5. The Morgan fingerprint density at radius 3 is 2.52 bits per heavy atom. The number of fused-ring (bicyclic) bond motifs is 1. The van der Waals surface area contributed by atoms with Crippen LogP contribution in [0, 0.1) is 0 Å². The third-order valence-electron chi connectivity index (χ3n) is 4.71. The number of nitrogens with one attached hydrogen (secondary N) is 1. The maximum absolute atomic E-state index is 12.8. The van der Waals surface area contributed by atoms with E-state index in [1.165, 1.54) is 20.3 Å². The van der Waals surface area contributed by atoms with Crippen molar-refractivity contribution in [3.8, 4) is 23.0 Å². The average molecular weight is 429 g/mol. The zero-order chi connectivity index (χ0) is 22.4. The normalized spacial score (nSPS) is 11.6. The molecule has 0 atom stereocenters. The standard InChI is InChI=1S/C22H23NO8/c1-4-29-22(26)19-15(5-6-16(27-2)20(19)28-3)21(25)23-8-7-13-9-17-18(31-12-30-17)10-14(13)11-24/h5-6,9-11H,4,7-8,12H2,1-3H3,(H,23,25). The molecule has 0 saturated heterocycles. The van der Waals surface area contributed by atoms with Crippen LogP contribution in [0.4, 0.5) is 0 Å². The number of hydrogen-bond donors (Lipinski definition) is 1. The Balaban J connectivity index is 1.79. The topological polar surface area (TPSA) is 109 Å². The van der Waals surface area contributed by atoms with E-state index in [9.17, 15) is 14.4 Å². The zero-order valence-corrected chi connectivity index (χ0v) is 17.5. The van der Waals surface area contributed by atoms with Gasteiger partial charge in [0, 0.05) is 12.1 Å². The molecule has 0 saturated carbocycles. The number of amides is 1. The van der Waals surface area contributed by atoms with Gasteiger partial charge in [0.2, 0.25) is 6.79 Å². The highest BCUT2D eigenvalue weighted by molar-refractivity contribution is 6.07. The van der Waals surface area contributed by atoms with Gasteiger partial charge in [-0.3, -0.25) is 9.59 Å². The molecule has 1 N–H and O–H groups in total. The van der Waals surface area contributed by atoms with Crippen LogP contribution < -0.4 is 24.3 Å². The summed E-state index contributed by atoms with van der Waals surface area (Å²) in [5, 5.41) is 2.76. The lowest BCUT2D eigenvalue weighted by Crippen LogP contribution is -2.28. The van der Waals surface area contributed by atoms with E-state index in [-0.39, 0.29) is 36.8 Å². The molecule has 1 heterocycles. The highest BCUT2D eigenvalue weighted by Crippen LogP contribution is 2.35. The second-order valence-electron chi connectivity index (χ2n) is 6.47. The molecule has 0 fully saturated rings. The Morgan fingerprint density at radius 2 is 1.87 bits per heavy atom. The third kappa shape index (κ3) is 4.55. The number of carbonyl (C=O) groups excluding carboxylic acids is 3. The highest BCUT2D eigenvalue weighted by Gasteiger charge is 2.26. The third-order valence-corrected chi connectivity index (χ3v) is 4.71. The summed E-state index contributed by atoms with van der Waals surface area (Å²) in [4.78, 5) is 36.7. The monoisotopic (exact) mass is 429 g/mol. The summed E-state index contributed by atoms with van der Waals surface area (Å²) in [5.74, 6) is 0.307. The van der Waals surface area contributed by atoms with Crippen molar-refractivity contribution in [1.29, 1.82) is 0 Å². The molecule has 2 aromatic carbocycles. The smallest absolute Gasteiger partial charge is 0.342 e. The van der Waals surface area contributed by atoms with Gasteiger partial charge in [-0.15, -0.1) is 0 Å². The van der Waals surface area contributed by atoms with E-state index in [0.717, 1.165) is 6.29 Å². The van der Waals surface area contributed by atoms with Gasteiger partial charge in [0.05, 0.1) is 26.4 Å². The van der Waals surface area contributed by atoms with Crippen LogP contribution in [-0.4, -0.2) is 52.3 Å². The number of carbonyl (C=O) groups is 3. The molecule has 0 unspecified atom stereocenters. The van der Waals surface area contributed by atoms with Crippen LogP contribution >= 0.6 is 0 Å². The summed E-state index contributed by atoms with van der Waals surface area (Å²) in [6.07, 6.45) is 1.10. The molecule has 3 rings (SSSR count). The predicted octanol–water partition coefficient (Wildman–Crippen LogP) is 2.39. The number of benzene rings is 2. The second kappa shape index (κ2) is 9.84. The quantitative estimate of drug-likeness (QED) is 0.478. The molecule has 9 nitrogen and oxygen atoms in total. The first-order chi connectivity index (χ1) is 15.0. The Labute approximate surface area is 179 Å². The second-order valence-corrected chi connectivity index (χ2v) is 6.47. The molecule has 0 spiro atoms. The molecule has 31 heavy (non-hydrogen) atoms. The summed E-state index contributed by atoms with van der Waals surface area (Å²) in [6.45, 7) is 2.12. The fourth-order valence-electron chi connectivity index (χ4n) is 3.25. The highest BCUT2D eigenvalue weighted by atomic mass is 16.7. The molecule has 0 bridgehead atoms. The maximum atomic E-state index is 12.8. The van der Waals surface area contributed by atoms with Gasteiger partial charge in [0.15, 0.2) is 23.0 Å². The average Bonchev–Trinajstić information content (AvgIpc) is 3.24. The maximum Gasteiger partial charge on any atom is 0.342 e. The Morgan fingerprint density at radius 1 is 1.13 bits per heavy atom. The van der Waals surface area contributed by atoms with Gasteiger partial charge in [0.1, 0.15) is 11.8 Å². The van der Waals surface area contributed by atoms with Crippen LogP contribution in [0.3, 0.4) is 0 Å². The molecule has 0 radical (unpaired) electrons.